The normalized spacial score (nSPS) is 7.87. The van der Waals surface area contributed by atoms with Gasteiger partial charge in [-0.05, 0) is 24.6 Å². The van der Waals surface area contributed by atoms with E-state index < -0.39 is 0 Å². The van der Waals surface area contributed by atoms with E-state index in [1.54, 1.807) is 18.2 Å². The van der Waals surface area contributed by atoms with Crippen LogP contribution >= 0.6 is 0 Å². The van der Waals surface area contributed by atoms with Crippen molar-refractivity contribution in [2.24, 2.45) is 0 Å². The molecule has 0 aromatic heterocycles. The average Bonchev–Trinajstić information content (AvgIpc) is 2.19. The van der Waals surface area contributed by atoms with Crippen molar-refractivity contribution in [1.82, 2.24) is 0 Å². The fourth-order valence-corrected chi connectivity index (χ4v) is 0.956. The average molecular weight is 202 g/mol. The van der Waals surface area contributed by atoms with Crippen LogP contribution in [0.15, 0.2) is 36.9 Å². The van der Waals surface area contributed by atoms with Gasteiger partial charge in [-0.1, -0.05) is 31.1 Å². The Labute approximate surface area is 92.5 Å². The number of hydrogen-bond acceptors (Lipinski definition) is 1. The van der Waals surface area contributed by atoms with Crippen LogP contribution in [0.2, 0.25) is 0 Å². The Bertz CT molecular complexity index is 342. The van der Waals surface area contributed by atoms with Gasteiger partial charge in [-0.15, -0.1) is 12.5 Å². The summed E-state index contributed by atoms with van der Waals surface area (Å²) in [5.74, 6) is 6.31. The van der Waals surface area contributed by atoms with E-state index in [0.29, 0.717) is 5.75 Å². The van der Waals surface area contributed by atoms with Crippen LogP contribution in [0.3, 0.4) is 0 Å². The van der Waals surface area contributed by atoms with E-state index in [4.69, 9.17) is 5.11 Å². The van der Waals surface area contributed by atoms with Crippen molar-refractivity contribution in [3.63, 3.8) is 0 Å². The quantitative estimate of drug-likeness (QED) is 0.545. The number of hydrogen-bond donors (Lipinski definition) is 1. The first kappa shape index (κ1) is 13.3. The van der Waals surface area contributed by atoms with Gasteiger partial charge in [0.25, 0.3) is 0 Å². The molecule has 1 rings (SSSR count). The Morgan fingerprint density at radius 2 is 2.07 bits per heavy atom. The second-order valence-corrected chi connectivity index (χ2v) is 2.96. The Balaban J connectivity index is 0.000000583. The maximum Gasteiger partial charge on any atom is 0.115 e. The predicted octanol–water partition coefficient (Wildman–Crippen LogP) is 3.54. The van der Waals surface area contributed by atoms with Crippen molar-refractivity contribution < 1.29 is 5.11 Å². The minimum atomic E-state index is 0.311. The Hall–Kier alpha value is -1.68. The SMILES string of the molecule is C=CC.CCC#CCc1cccc(O)c1. The van der Waals surface area contributed by atoms with Gasteiger partial charge in [-0.2, -0.15) is 0 Å². The first-order chi connectivity index (χ1) is 7.24. The standard InChI is InChI=1S/C11H12O.C3H6/c1-2-3-4-6-10-7-5-8-11(12)9-10;1-3-2/h5,7-9,12H,2,6H2,1H3;3H,1H2,2H3. The van der Waals surface area contributed by atoms with Crippen molar-refractivity contribution in [2.45, 2.75) is 26.7 Å². The van der Waals surface area contributed by atoms with E-state index >= 15 is 0 Å². The number of aromatic hydroxyl groups is 1. The lowest BCUT2D eigenvalue weighted by atomic mass is 10.1. The molecule has 0 atom stereocenters. The lowest BCUT2D eigenvalue weighted by Gasteiger charge is -1.94. The molecule has 0 fully saturated rings. The van der Waals surface area contributed by atoms with Gasteiger partial charge in [0.2, 0.25) is 0 Å². The zero-order chi connectivity index (χ0) is 11.5. The van der Waals surface area contributed by atoms with E-state index in [1.165, 1.54) is 0 Å². The van der Waals surface area contributed by atoms with Gasteiger partial charge in [0.05, 0.1) is 0 Å². The number of rotatable bonds is 1. The lowest BCUT2D eigenvalue weighted by molar-refractivity contribution is 0.475. The summed E-state index contributed by atoms with van der Waals surface area (Å²) >= 11 is 0. The van der Waals surface area contributed by atoms with E-state index in [0.717, 1.165) is 18.4 Å². The fourth-order valence-electron chi connectivity index (χ4n) is 0.956. The molecule has 15 heavy (non-hydrogen) atoms. The molecule has 0 heterocycles. The summed E-state index contributed by atoms with van der Waals surface area (Å²) < 4.78 is 0. The van der Waals surface area contributed by atoms with Gasteiger partial charge in [-0.3, -0.25) is 0 Å². The van der Waals surface area contributed by atoms with Crippen molar-refractivity contribution in [2.75, 3.05) is 0 Å². The van der Waals surface area contributed by atoms with Gasteiger partial charge in [-0.25, -0.2) is 0 Å². The maximum absolute atomic E-state index is 9.12. The minimum absolute atomic E-state index is 0.311. The summed E-state index contributed by atoms with van der Waals surface area (Å²) in [7, 11) is 0. The highest BCUT2D eigenvalue weighted by Crippen LogP contribution is 2.10. The zero-order valence-electron chi connectivity index (χ0n) is 9.46. The second kappa shape index (κ2) is 8.90. The van der Waals surface area contributed by atoms with Crippen LogP contribution in [0.5, 0.6) is 5.75 Å². The molecule has 1 aromatic carbocycles. The smallest absolute Gasteiger partial charge is 0.115 e. The number of phenolic OH excluding ortho intramolecular Hbond substituents is 1. The molecular weight excluding hydrogens is 184 g/mol. The fraction of sp³-hybridized carbons (Fsp3) is 0.286. The Morgan fingerprint density at radius 3 is 2.60 bits per heavy atom. The molecule has 1 nitrogen and oxygen atoms in total. The molecule has 80 valence electrons. The van der Waals surface area contributed by atoms with Gasteiger partial charge in [0, 0.05) is 12.8 Å². The van der Waals surface area contributed by atoms with Gasteiger partial charge < -0.3 is 5.11 Å². The molecule has 0 unspecified atom stereocenters. The summed E-state index contributed by atoms with van der Waals surface area (Å²) in [6.45, 7) is 7.27. The number of benzene rings is 1. The van der Waals surface area contributed by atoms with Gasteiger partial charge in [0.15, 0.2) is 0 Å². The minimum Gasteiger partial charge on any atom is -0.508 e. The molecule has 0 saturated heterocycles. The van der Waals surface area contributed by atoms with Crippen molar-refractivity contribution in [1.29, 1.82) is 0 Å². The molecule has 0 aliphatic carbocycles. The summed E-state index contributed by atoms with van der Waals surface area (Å²) in [5, 5.41) is 9.12. The number of allylic oxidation sites excluding steroid dienone is 1. The van der Waals surface area contributed by atoms with Crippen molar-refractivity contribution >= 4 is 0 Å². The van der Waals surface area contributed by atoms with Crippen molar-refractivity contribution in [3.05, 3.63) is 42.5 Å². The third-order valence-electron chi connectivity index (χ3n) is 1.50. The Kier molecular flexibility index (Phi) is 7.90. The van der Waals surface area contributed by atoms with Gasteiger partial charge in [0.1, 0.15) is 5.75 Å². The highest BCUT2D eigenvalue weighted by molar-refractivity contribution is 5.29. The van der Waals surface area contributed by atoms with E-state index in [-0.39, 0.29) is 0 Å². The topological polar surface area (TPSA) is 20.2 Å². The maximum atomic E-state index is 9.12. The monoisotopic (exact) mass is 202 g/mol. The lowest BCUT2D eigenvalue weighted by Crippen LogP contribution is -1.79. The molecule has 1 N–H and O–H groups in total. The van der Waals surface area contributed by atoms with Crippen LogP contribution in [0.4, 0.5) is 0 Å². The molecule has 0 aliphatic rings. The third kappa shape index (κ3) is 7.40. The van der Waals surface area contributed by atoms with E-state index in [1.807, 2.05) is 26.0 Å². The van der Waals surface area contributed by atoms with Gasteiger partial charge >= 0.3 is 0 Å². The molecule has 0 amide bonds. The summed E-state index contributed by atoms with van der Waals surface area (Å²) in [6.07, 6.45) is 3.36. The van der Waals surface area contributed by atoms with Crippen LogP contribution < -0.4 is 0 Å². The molecule has 0 bridgehead atoms. The predicted molar refractivity (Wildman–Crippen MR) is 65.7 cm³/mol. The Morgan fingerprint density at radius 1 is 1.40 bits per heavy atom. The third-order valence-corrected chi connectivity index (χ3v) is 1.50. The first-order valence-electron chi connectivity index (χ1n) is 5.05. The molecule has 0 aliphatic heterocycles. The van der Waals surface area contributed by atoms with Crippen LogP contribution in [-0.4, -0.2) is 5.11 Å². The molecule has 0 spiro atoms. The van der Waals surface area contributed by atoms with Crippen LogP contribution in [0.25, 0.3) is 0 Å². The van der Waals surface area contributed by atoms with E-state index in [2.05, 4.69) is 18.4 Å². The molecule has 0 radical (unpaired) electrons. The van der Waals surface area contributed by atoms with E-state index in [9.17, 15) is 0 Å². The van der Waals surface area contributed by atoms with Crippen LogP contribution in [-0.2, 0) is 6.42 Å². The number of phenols is 1. The molecular formula is C14H18O. The molecule has 1 aromatic rings. The van der Waals surface area contributed by atoms with Crippen LogP contribution in [0, 0.1) is 11.8 Å². The summed E-state index contributed by atoms with van der Waals surface area (Å²) in [4.78, 5) is 0. The highest BCUT2D eigenvalue weighted by Gasteiger charge is 1.90. The highest BCUT2D eigenvalue weighted by atomic mass is 16.3. The van der Waals surface area contributed by atoms with Crippen molar-refractivity contribution in [3.8, 4) is 17.6 Å². The summed E-state index contributed by atoms with van der Waals surface area (Å²) in [5.41, 5.74) is 1.07. The zero-order valence-corrected chi connectivity index (χ0v) is 9.46. The summed E-state index contributed by atoms with van der Waals surface area (Å²) in [6, 6.07) is 7.20. The van der Waals surface area contributed by atoms with Crippen LogP contribution in [0.1, 0.15) is 25.8 Å². The molecule has 0 saturated carbocycles. The second-order valence-electron chi connectivity index (χ2n) is 2.96. The molecule has 1 heteroatoms. The largest absolute Gasteiger partial charge is 0.508 e. The first-order valence-corrected chi connectivity index (χ1v) is 5.05.